The lowest BCUT2D eigenvalue weighted by Crippen LogP contribution is -2.25. The molecule has 0 atom stereocenters. The van der Waals surface area contributed by atoms with Gasteiger partial charge in [-0.25, -0.2) is 0 Å². The summed E-state index contributed by atoms with van der Waals surface area (Å²) < 4.78 is 0. The zero-order valence-electron chi connectivity index (χ0n) is 8.34. The Morgan fingerprint density at radius 1 is 1.46 bits per heavy atom. The molecule has 0 saturated carbocycles. The van der Waals surface area contributed by atoms with E-state index in [0.717, 1.165) is 0 Å². The summed E-state index contributed by atoms with van der Waals surface area (Å²) in [5.41, 5.74) is 0.568. The highest BCUT2D eigenvalue weighted by Gasteiger charge is 2.28. The maximum atomic E-state index is 11.5. The Morgan fingerprint density at radius 2 is 2.00 bits per heavy atom. The van der Waals surface area contributed by atoms with E-state index in [9.17, 15) is 4.79 Å². The Balaban J connectivity index is 2.92. The van der Waals surface area contributed by atoms with Gasteiger partial charge in [0.05, 0.1) is 0 Å². The van der Waals surface area contributed by atoms with Gasteiger partial charge >= 0.3 is 0 Å². The molecule has 1 fully saturated rings. The normalized spacial score (nSPS) is 21.2. The van der Waals surface area contributed by atoms with Crippen molar-refractivity contribution in [2.24, 2.45) is 5.41 Å². The highest BCUT2D eigenvalue weighted by Crippen LogP contribution is 2.19. The first-order valence-corrected chi connectivity index (χ1v) is 4.54. The van der Waals surface area contributed by atoms with Crippen LogP contribution in [-0.2, 0) is 4.79 Å². The molecule has 1 rings (SSSR count). The van der Waals surface area contributed by atoms with E-state index in [2.05, 4.69) is 5.32 Å². The predicted octanol–water partition coefficient (Wildman–Crippen LogP) is 1.26. The van der Waals surface area contributed by atoms with Gasteiger partial charge in [0, 0.05) is 7.05 Å². The number of carbonyl (C=O) groups excluding carboxylic acids is 1. The topological polar surface area (TPSA) is 32.3 Å². The summed E-state index contributed by atoms with van der Waals surface area (Å²) in [5.74, 6) is -0.0556. The molecule has 0 spiro atoms. The number of thiocarbonyl (C=S) groups is 1. The van der Waals surface area contributed by atoms with Crippen molar-refractivity contribution in [1.82, 2.24) is 10.2 Å². The minimum atomic E-state index is -0.0556. The molecule has 13 heavy (non-hydrogen) atoms. The summed E-state index contributed by atoms with van der Waals surface area (Å²) in [4.78, 5) is 12.9. The fourth-order valence-corrected chi connectivity index (χ4v) is 1.25. The molecule has 0 aromatic heterocycles. The van der Waals surface area contributed by atoms with Crippen LogP contribution in [0.25, 0.3) is 0 Å². The van der Waals surface area contributed by atoms with Crippen LogP contribution < -0.4 is 5.32 Å². The highest BCUT2D eigenvalue weighted by molar-refractivity contribution is 7.80. The Morgan fingerprint density at radius 3 is 2.31 bits per heavy atom. The first-order chi connectivity index (χ1) is 5.81. The number of nitrogens with one attached hydrogen (secondary N) is 1. The second kappa shape index (κ2) is 3.10. The average Bonchev–Trinajstić information content (AvgIpc) is 2.15. The molecular weight excluding hydrogens is 184 g/mol. The minimum Gasteiger partial charge on any atom is -0.328 e. The zero-order chi connectivity index (χ0) is 10.2. The van der Waals surface area contributed by atoms with Crippen LogP contribution >= 0.6 is 12.2 Å². The number of rotatable bonds is 0. The van der Waals surface area contributed by atoms with E-state index in [1.54, 1.807) is 7.05 Å². The standard InChI is InChI=1S/C9H14N2OS/c1-9(2,3)5-6-7(12)11(4)8(13)10-6/h5H,1-4H3,(H,10,13)/b6-5-. The maximum Gasteiger partial charge on any atom is 0.275 e. The molecule has 0 aliphatic carbocycles. The number of allylic oxidation sites excluding steroid dienone is 1. The smallest absolute Gasteiger partial charge is 0.275 e. The van der Waals surface area contributed by atoms with Gasteiger partial charge in [0.2, 0.25) is 0 Å². The molecule has 1 aliphatic heterocycles. The average molecular weight is 198 g/mol. The summed E-state index contributed by atoms with van der Waals surface area (Å²) in [6.07, 6.45) is 1.89. The SMILES string of the molecule is CN1C(=O)/C(=C/C(C)(C)C)NC1=S. The molecule has 1 aliphatic rings. The number of likely N-dealkylation sites (N-methyl/N-ethyl adjacent to an activating group) is 1. The van der Waals surface area contributed by atoms with E-state index in [0.29, 0.717) is 10.8 Å². The first-order valence-electron chi connectivity index (χ1n) is 4.13. The maximum absolute atomic E-state index is 11.5. The quantitative estimate of drug-likeness (QED) is 0.470. The van der Waals surface area contributed by atoms with Crippen LogP contribution in [0.15, 0.2) is 11.8 Å². The van der Waals surface area contributed by atoms with Gasteiger partial charge in [-0.05, 0) is 23.7 Å². The van der Waals surface area contributed by atoms with Crippen LogP contribution in [0.3, 0.4) is 0 Å². The van der Waals surface area contributed by atoms with Crippen molar-refractivity contribution in [1.29, 1.82) is 0 Å². The molecule has 1 heterocycles. The zero-order valence-corrected chi connectivity index (χ0v) is 9.16. The summed E-state index contributed by atoms with van der Waals surface area (Å²) in [5, 5.41) is 3.35. The van der Waals surface area contributed by atoms with Crippen molar-refractivity contribution < 1.29 is 4.79 Å². The van der Waals surface area contributed by atoms with Crippen molar-refractivity contribution >= 4 is 23.2 Å². The summed E-state index contributed by atoms with van der Waals surface area (Å²) in [7, 11) is 1.67. The number of amides is 1. The molecule has 1 saturated heterocycles. The number of hydrogen-bond acceptors (Lipinski definition) is 2. The second-order valence-electron chi connectivity index (χ2n) is 4.22. The van der Waals surface area contributed by atoms with Gasteiger partial charge < -0.3 is 5.32 Å². The monoisotopic (exact) mass is 198 g/mol. The third-order valence-corrected chi connectivity index (χ3v) is 2.03. The highest BCUT2D eigenvalue weighted by atomic mass is 32.1. The Kier molecular flexibility index (Phi) is 2.43. The van der Waals surface area contributed by atoms with E-state index in [4.69, 9.17) is 12.2 Å². The third-order valence-electron chi connectivity index (χ3n) is 1.66. The van der Waals surface area contributed by atoms with Crippen molar-refractivity contribution in [3.63, 3.8) is 0 Å². The van der Waals surface area contributed by atoms with Gasteiger partial charge in [-0.1, -0.05) is 20.8 Å². The van der Waals surface area contributed by atoms with E-state index in [1.165, 1.54) is 4.90 Å². The van der Waals surface area contributed by atoms with Gasteiger partial charge in [0.1, 0.15) is 5.70 Å². The predicted molar refractivity (Wildman–Crippen MR) is 56.0 cm³/mol. The fourth-order valence-electron chi connectivity index (χ4n) is 1.06. The first kappa shape index (κ1) is 10.2. The lowest BCUT2D eigenvalue weighted by atomic mass is 9.95. The van der Waals surface area contributed by atoms with Gasteiger partial charge in [-0.15, -0.1) is 0 Å². The molecular formula is C9H14N2OS. The molecule has 3 nitrogen and oxygen atoms in total. The van der Waals surface area contributed by atoms with Crippen LogP contribution in [0.1, 0.15) is 20.8 Å². The number of hydrogen-bond donors (Lipinski definition) is 1. The van der Waals surface area contributed by atoms with Crippen LogP contribution in [0, 0.1) is 5.41 Å². The lowest BCUT2D eigenvalue weighted by Gasteiger charge is -2.12. The Bertz CT molecular complexity index is 288. The molecule has 0 aromatic rings. The molecule has 0 aromatic carbocycles. The van der Waals surface area contributed by atoms with E-state index in [1.807, 2.05) is 26.8 Å². The van der Waals surface area contributed by atoms with Gasteiger partial charge in [-0.2, -0.15) is 0 Å². The summed E-state index contributed by atoms with van der Waals surface area (Å²) in [6.45, 7) is 6.11. The molecule has 4 heteroatoms. The van der Waals surface area contributed by atoms with Crippen LogP contribution in [0.5, 0.6) is 0 Å². The van der Waals surface area contributed by atoms with Gasteiger partial charge in [0.15, 0.2) is 5.11 Å². The van der Waals surface area contributed by atoms with Gasteiger partial charge in [-0.3, -0.25) is 9.69 Å². The van der Waals surface area contributed by atoms with Crippen LogP contribution in [-0.4, -0.2) is 23.0 Å². The molecule has 72 valence electrons. The second-order valence-corrected chi connectivity index (χ2v) is 4.61. The molecule has 1 amide bonds. The summed E-state index contributed by atoms with van der Waals surface area (Å²) >= 11 is 4.94. The molecule has 0 unspecified atom stereocenters. The molecule has 0 radical (unpaired) electrons. The Hall–Kier alpha value is -0.900. The molecule has 1 N–H and O–H groups in total. The van der Waals surface area contributed by atoms with E-state index < -0.39 is 0 Å². The van der Waals surface area contributed by atoms with E-state index >= 15 is 0 Å². The third kappa shape index (κ3) is 2.28. The van der Waals surface area contributed by atoms with Crippen LogP contribution in [0.2, 0.25) is 0 Å². The largest absolute Gasteiger partial charge is 0.328 e. The van der Waals surface area contributed by atoms with Crippen molar-refractivity contribution in [2.75, 3.05) is 7.05 Å². The Labute approximate surface area is 83.8 Å². The van der Waals surface area contributed by atoms with Crippen molar-refractivity contribution in [3.05, 3.63) is 11.8 Å². The van der Waals surface area contributed by atoms with Gasteiger partial charge in [0.25, 0.3) is 5.91 Å². The molecule has 0 bridgehead atoms. The minimum absolute atomic E-state index is 0.0151. The fraction of sp³-hybridized carbons (Fsp3) is 0.556. The van der Waals surface area contributed by atoms with Crippen LogP contribution in [0.4, 0.5) is 0 Å². The number of carbonyl (C=O) groups is 1. The lowest BCUT2D eigenvalue weighted by molar-refractivity contribution is -0.121. The van der Waals surface area contributed by atoms with Crippen molar-refractivity contribution in [2.45, 2.75) is 20.8 Å². The van der Waals surface area contributed by atoms with Crippen molar-refractivity contribution in [3.8, 4) is 0 Å². The summed E-state index contributed by atoms with van der Waals surface area (Å²) in [6, 6.07) is 0. The number of nitrogens with zero attached hydrogens (tertiary/aromatic N) is 1. The van der Waals surface area contributed by atoms with E-state index in [-0.39, 0.29) is 11.3 Å².